The van der Waals surface area contributed by atoms with Gasteiger partial charge in [0.2, 0.25) is 0 Å². The number of amides is 1. The van der Waals surface area contributed by atoms with E-state index in [1.54, 1.807) is 42.9 Å². The number of ether oxygens (including phenoxy) is 1. The Kier molecular flexibility index (Phi) is 7.37. The SMILES string of the molecule is O=C(N/N=C/c1ccc(OCC(O)Cn2c3ccc(Cl)cc3c3cc(Cl)ccc32)cc1)c1ccncc1. The molecule has 0 radical (unpaired) electrons. The standard InChI is InChI=1S/C28H22Cl2N4O3/c29-20-3-7-26-24(13-20)25-14-21(30)4-8-27(25)34(26)16-22(35)17-37-23-5-1-18(2-6-23)15-32-33-28(36)19-9-11-31-12-10-19/h1-15,22,35H,16-17H2,(H,33,36)/b32-15+. The predicted molar refractivity (Wildman–Crippen MR) is 147 cm³/mol. The lowest BCUT2D eigenvalue weighted by atomic mass is 10.1. The van der Waals surface area contributed by atoms with Crippen molar-refractivity contribution in [3.63, 3.8) is 0 Å². The zero-order valence-corrected chi connectivity index (χ0v) is 21.0. The number of nitrogens with zero attached hydrogens (tertiary/aromatic N) is 3. The second-order valence-corrected chi connectivity index (χ2v) is 9.28. The van der Waals surface area contributed by atoms with E-state index in [1.165, 1.54) is 0 Å². The second kappa shape index (κ2) is 11.0. The number of hydrogen-bond acceptors (Lipinski definition) is 5. The molecule has 1 atom stereocenters. The van der Waals surface area contributed by atoms with E-state index in [9.17, 15) is 9.90 Å². The van der Waals surface area contributed by atoms with Crippen molar-refractivity contribution in [2.24, 2.45) is 5.10 Å². The van der Waals surface area contributed by atoms with Gasteiger partial charge in [-0.1, -0.05) is 23.2 Å². The number of fused-ring (bicyclic) bond motifs is 3. The molecule has 2 N–H and O–H groups in total. The summed E-state index contributed by atoms with van der Waals surface area (Å²) in [6.45, 7) is 0.447. The van der Waals surface area contributed by atoms with E-state index in [1.807, 2.05) is 53.1 Å². The lowest BCUT2D eigenvalue weighted by Crippen LogP contribution is -2.23. The second-order valence-electron chi connectivity index (χ2n) is 8.40. The molecule has 0 aliphatic heterocycles. The first-order chi connectivity index (χ1) is 18.0. The van der Waals surface area contributed by atoms with Crippen LogP contribution in [0.2, 0.25) is 10.0 Å². The van der Waals surface area contributed by atoms with Crippen molar-refractivity contribution in [1.82, 2.24) is 15.0 Å². The highest BCUT2D eigenvalue weighted by molar-refractivity contribution is 6.33. The van der Waals surface area contributed by atoms with Gasteiger partial charge in [0, 0.05) is 49.8 Å². The molecule has 1 unspecified atom stereocenters. The van der Waals surface area contributed by atoms with Crippen molar-refractivity contribution in [3.8, 4) is 5.75 Å². The number of hydrogen-bond donors (Lipinski definition) is 2. The lowest BCUT2D eigenvalue weighted by molar-refractivity contribution is 0.0944. The molecule has 7 nitrogen and oxygen atoms in total. The van der Waals surface area contributed by atoms with Gasteiger partial charge >= 0.3 is 0 Å². The van der Waals surface area contributed by atoms with Crippen LogP contribution in [0.4, 0.5) is 0 Å². The largest absolute Gasteiger partial charge is 0.491 e. The fraction of sp³-hybridized carbons (Fsp3) is 0.107. The van der Waals surface area contributed by atoms with Crippen molar-refractivity contribution >= 4 is 57.1 Å². The molecule has 5 aromatic rings. The molecule has 0 fully saturated rings. The highest BCUT2D eigenvalue weighted by Crippen LogP contribution is 2.33. The zero-order chi connectivity index (χ0) is 25.8. The van der Waals surface area contributed by atoms with Gasteiger partial charge in [-0.15, -0.1) is 0 Å². The number of aliphatic hydroxyl groups is 1. The minimum atomic E-state index is -0.755. The smallest absolute Gasteiger partial charge is 0.271 e. The fourth-order valence-electron chi connectivity index (χ4n) is 4.08. The molecule has 3 aromatic carbocycles. The van der Waals surface area contributed by atoms with E-state index in [0.29, 0.717) is 27.9 Å². The molecule has 0 aliphatic rings. The van der Waals surface area contributed by atoms with E-state index >= 15 is 0 Å². The monoisotopic (exact) mass is 532 g/mol. The Hall–Kier alpha value is -3.91. The van der Waals surface area contributed by atoms with Crippen LogP contribution >= 0.6 is 23.2 Å². The lowest BCUT2D eigenvalue weighted by Gasteiger charge is -2.15. The van der Waals surface area contributed by atoms with E-state index in [2.05, 4.69) is 15.5 Å². The number of halogens is 2. The molecule has 1 amide bonds. The highest BCUT2D eigenvalue weighted by Gasteiger charge is 2.15. The maximum absolute atomic E-state index is 12.0. The van der Waals surface area contributed by atoms with Gasteiger partial charge in [-0.2, -0.15) is 5.10 Å². The Morgan fingerprint density at radius 2 is 1.59 bits per heavy atom. The van der Waals surface area contributed by atoms with Crippen LogP contribution in [0.25, 0.3) is 21.8 Å². The Morgan fingerprint density at radius 3 is 2.22 bits per heavy atom. The summed E-state index contributed by atoms with van der Waals surface area (Å²) < 4.78 is 7.86. The molecule has 186 valence electrons. The molecule has 37 heavy (non-hydrogen) atoms. The zero-order valence-electron chi connectivity index (χ0n) is 19.5. The van der Waals surface area contributed by atoms with Gasteiger partial charge in [-0.25, -0.2) is 5.43 Å². The molecule has 2 aromatic heterocycles. The van der Waals surface area contributed by atoms with Gasteiger partial charge in [0.05, 0.1) is 12.8 Å². The van der Waals surface area contributed by atoms with Gasteiger partial charge in [-0.05, 0) is 78.4 Å². The minimum absolute atomic E-state index is 0.109. The molecular formula is C28H22Cl2N4O3. The summed E-state index contributed by atoms with van der Waals surface area (Å²) in [6, 6.07) is 21.8. The van der Waals surface area contributed by atoms with Crippen LogP contribution in [0.3, 0.4) is 0 Å². The molecule has 0 spiro atoms. The number of rotatable bonds is 8. The van der Waals surface area contributed by atoms with Gasteiger partial charge in [0.1, 0.15) is 18.5 Å². The number of aliphatic hydroxyl groups excluding tert-OH is 1. The average molecular weight is 533 g/mol. The topological polar surface area (TPSA) is 88.7 Å². The average Bonchev–Trinajstić information content (AvgIpc) is 3.20. The Balaban J connectivity index is 1.21. The highest BCUT2D eigenvalue weighted by atomic mass is 35.5. The third kappa shape index (κ3) is 5.75. The van der Waals surface area contributed by atoms with Crippen LogP contribution in [0.15, 0.2) is 90.3 Å². The van der Waals surface area contributed by atoms with Gasteiger partial charge < -0.3 is 14.4 Å². The van der Waals surface area contributed by atoms with Crippen molar-refractivity contribution in [2.75, 3.05) is 6.61 Å². The van der Waals surface area contributed by atoms with Crippen LogP contribution in [-0.4, -0.2) is 39.5 Å². The summed E-state index contributed by atoms with van der Waals surface area (Å²) in [7, 11) is 0. The number of carbonyl (C=O) groups is 1. The van der Waals surface area contributed by atoms with Crippen LogP contribution < -0.4 is 10.2 Å². The van der Waals surface area contributed by atoms with Crippen LogP contribution in [0, 0.1) is 0 Å². The number of nitrogens with one attached hydrogen (secondary N) is 1. The van der Waals surface area contributed by atoms with Crippen LogP contribution in [0.1, 0.15) is 15.9 Å². The normalized spacial score (nSPS) is 12.3. The van der Waals surface area contributed by atoms with Crippen LogP contribution in [-0.2, 0) is 6.54 Å². The third-order valence-electron chi connectivity index (χ3n) is 5.83. The fourth-order valence-corrected chi connectivity index (χ4v) is 4.43. The molecule has 9 heteroatoms. The van der Waals surface area contributed by atoms with E-state index in [0.717, 1.165) is 27.4 Å². The van der Waals surface area contributed by atoms with Crippen molar-refractivity contribution in [2.45, 2.75) is 12.6 Å². The number of carbonyl (C=O) groups excluding carboxylic acids is 1. The summed E-state index contributed by atoms with van der Waals surface area (Å²) in [4.78, 5) is 15.9. The first kappa shape index (κ1) is 24.8. The van der Waals surface area contributed by atoms with E-state index in [-0.39, 0.29) is 12.5 Å². The molecule has 0 aliphatic carbocycles. The van der Waals surface area contributed by atoms with Crippen LogP contribution in [0.5, 0.6) is 5.75 Å². The number of aromatic nitrogens is 2. The molecule has 0 saturated carbocycles. The number of hydrazone groups is 1. The number of benzene rings is 3. The van der Waals surface area contributed by atoms with E-state index in [4.69, 9.17) is 27.9 Å². The molecule has 0 saturated heterocycles. The quantitative estimate of drug-likeness (QED) is 0.198. The maximum Gasteiger partial charge on any atom is 0.271 e. The molecule has 5 rings (SSSR count). The maximum atomic E-state index is 12.0. The third-order valence-corrected chi connectivity index (χ3v) is 6.30. The van der Waals surface area contributed by atoms with Crippen molar-refractivity contribution < 1.29 is 14.6 Å². The van der Waals surface area contributed by atoms with Crippen molar-refractivity contribution in [1.29, 1.82) is 0 Å². The first-order valence-electron chi connectivity index (χ1n) is 11.5. The van der Waals surface area contributed by atoms with Gasteiger partial charge in [0.25, 0.3) is 5.91 Å². The summed E-state index contributed by atoms with van der Waals surface area (Å²) in [5, 5.41) is 18.0. The summed E-state index contributed by atoms with van der Waals surface area (Å²) in [6.07, 6.45) is 3.88. The Labute approximate surface area is 222 Å². The van der Waals surface area contributed by atoms with Gasteiger partial charge in [0.15, 0.2) is 0 Å². The van der Waals surface area contributed by atoms with Crippen molar-refractivity contribution in [3.05, 3.63) is 106 Å². The predicted octanol–water partition coefficient (Wildman–Crippen LogP) is 5.70. The summed E-state index contributed by atoms with van der Waals surface area (Å²) >= 11 is 12.5. The molecular weight excluding hydrogens is 511 g/mol. The molecule has 0 bridgehead atoms. The Bertz CT molecular complexity index is 1530. The summed E-state index contributed by atoms with van der Waals surface area (Å²) in [5.41, 5.74) is 5.65. The van der Waals surface area contributed by atoms with Gasteiger partial charge in [-0.3, -0.25) is 9.78 Å². The number of pyridine rings is 1. The summed E-state index contributed by atoms with van der Waals surface area (Å²) in [5.74, 6) is 0.292. The Morgan fingerprint density at radius 1 is 0.973 bits per heavy atom. The molecule has 2 heterocycles. The first-order valence-corrected chi connectivity index (χ1v) is 12.2. The minimum Gasteiger partial charge on any atom is -0.491 e. The van der Waals surface area contributed by atoms with E-state index < -0.39 is 6.10 Å².